The van der Waals surface area contributed by atoms with E-state index in [2.05, 4.69) is 91.9 Å². The molecule has 180 valence electrons. The molecule has 7 heteroatoms. The third-order valence-electron chi connectivity index (χ3n) is 6.47. The summed E-state index contributed by atoms with van der Waals surface area (Å²) in [5.41, 5.74) is 5.09. The molecule has 1 aliphatic rings. The summed E-state index contributed by atoms with van der Waals surface area (Å²) in [5.74, 6) is 0. The Kier molecular flexibility index (Phi) is 8.46. The van der Waals surface area contributed by atoms with Crippen molar-refractivity contribution in [3.8, 4) is 5.69 Å². The van der Waals surface area contributed by atoms with Crippen LogP contribution in [0, 0.1) is 0 Å². The number of aromatic nitrogens is 4. The predicted octanol–water partition coefficient (Wildman–Crippen LogP) is 3.72. The van der Waals surface area contributed by atoms with E-state index >= 15 is 0 Å². The molecule has 3 heterocycles. The van der Waals surface area contributed by atoms with Gasteiger partial charge in [-0.1, -0.05) is 30.3 Å². The Labute approximate surface area is 202 Å². The lowest BCUT2D eigenvalue weighted by molar-refractivity contribution is 0.0771. The van der Waals surface area contributed by atoms with Crippen LogP contribution < -0.4 is 5.32 Å². The maximum Gasteiger partial charge on any atom is 0.123 e. The van der Waals surface area contributed by atoms with E-state index in [-0.39, 0.29) is 0 Å². The summed E-state index contributed by atoms with van der Waals surface area (Å²) >= 11 is 0. The molecular weight excluding hydrogens is 422 g/mol. The molecule has 1 saturated heterocycles. The highest BCUT2D eigenvalue weighted by Crippen LogP contribution is 2.23. The summed E-state index contributed by atoms with van der Waals surface area (Å²) in [5, 5.41) is 11.9. The van der Waals surface area contributed by atoms with Gasteiger partial charge in [-0.25, -0.2) is 0 Å². The number of H-pyrrole nitrogens is 1. The molecule has 0 spiro atoms. The average Bonchev–Trinajstić information content (AvgIpc) is 3.52. The van der Waals surface area contributed by atoms with Crippen LogP contribution in [0.4, 0.5) is 0 Å². The van der Waals surface area contributed by atoms with Gasteiger partial charge in [0, 0.05) is 55.0 Å². The Morgan fingerprint density at radius 3 is 2.53 bits per heavy atom. The molecule has 0 amide bonds. The van der Waals surface area contributed by atoms with Crippen LogP contribution in [0.1, 0.15) is 24.5 Å². The molecule has 2 aromatic carbocycles. The number of hydrogen-bond acceptors (Lipinski definition) is 5. The van der Waals surface area contributed by atoms with E-state index < -0.39 is 0 Å². The summed E-state index contributed by atoms with van der Waals surface area (Å²) in [6.45, 7) is 8.02. The van der Waals surface area contributed by atoms with Crippen LogP contribution in [0.3, 0.4) is 0 Å². The monoisotopic (exact) mass is 459 g/mol. The Morgan fingerprint density at radius 1 is 1.03 bits per heavy atom. The lowest BCUT2D eigenvalue weighted by atomic mass is 10.1. The Bertz CT molecular complexity index is 1120. The minimum absolute atomic E-state index is 0.591. The molecule has 4 aromatic rings. The van der Waals surface area contributed by atoms with Crippen molar-refractivity contribution >= 4 is 10.9 Å². The Balaban J connectivity index is 0.000000868. The Morgan fingerprint density at radius 2 is 1.79 bits per heavy atom. The van der Waals surface area contributed by atoms with E-state index in [0.717, 1.165) is 44.8 Å². The summed E-state index contributed by atoms with van der Waals surface area (Å²) in [6, 6.07) is 17.9. The molecule has 1 aliphatic heterocycles. The second-order valence-corrected chi connectivity index (χ2v) is 9.12. The first-order valence-electron chi connectivity index (χ1n) is 12.2. The van der Waals surface area contributed by atoms with Gasteiger partial charge in [0.15, 0.2) is 0 Å². The van der Waals surface area contributed by atoms with E-state index in [1.807, 2.05) is 18.7 Å². The summed E-state index contributed by atoms with van der Waals surface area (Å²) in [6.07, 6.45) is 7.92. The lowest BCUT2D eigenvalue weighted by Crippen LogP contribution is -2.51. The Hall–Kier alpha value is -3.00. The normalized spacial score (nSPS) is 17.0. The quantitative estimate of drug-likeness (QED) is 0.441. The molecule has 1 fully saturated rings. The first-order chi connectivity index (χ1) is 16.7. The highest BCUT2D eigenvalue weighted by Gasteiger charge is 2.23. The van der Waals surface area contributed by atoms with Gasteiger partial charge in [0.05, 0.1) is 0 Å². The van der Waals surface area contributed by atoms with Crippen molar-refractivity contribution in [2.24, 2.45) is 0 Å². The number of benzene rings is 2. The average molecular weight is 460 g/mol. The van der Waals surface area contributed by atoms with Gasteiger partial charge in [-0.05, 0) is 69.7 Å². The first-order valence-corrected chi connectivity index (χ1v) is 12.2. The number of hydrogen-bond donors (Lipinski definition) is 2. The van der Waals surface area contributed by atoms with Crippen LogP contribution in [0.15, 0.2) is 67.4 Å². The van der Waals surface area contributed by atoms with Gasteiger partial charge in [0.1, 0.15) is 12.7 Å². The maximum atomic E-state index is 3.92. The van der Waals surface area contributed by atoms with Crippen molar-refractivity contribution in [3.05, 3.63) is 78.5 Å². The topological polar surface area (TPSA) is 65.0 Å². The van der Waals surface area contributed by atoms with E-state index in [1.54, 1.807) is 12.7 Å². The van der Waals surface area contributed by atoms with Gasteiger partial charge in [-0.15, -0.1) is 10.2 Å². The first kappa shape index (κ1) is 24.1. The smallest absolute Gasteiger partial charge is 0.123 e. The molecule has 5 rings (SSSR count). The zero-order valence-electron chi connectivity index (χ0n) is 20.6. The van der Waals surface area contributed by atoms with Crippen LogP contribution >= 0.6 is 0 Å². The van der Waals surface area contributed by atoms with Gasteiger partial charge in [0.2, 0.25) is 0 Å². The summed E-state index contributed by atoms with van der Waals surface area (Å²) < 4.78 is 1.95. The minimum atomic E-state index is 0.591. The van der Waals surface area contributed by atoms with Gasteiger partial charge in [-0.3, -0.25) is 9.47 Å². The number of aromatic amines is 1. The fourth-order valence-corrected chi connectivity index (χ4v) is 4.69. The van der Waals surface area contributed by atoms with E-state index in [1.165, 1.54) is 28.5 Å². The molecule has 2 N–H and O–H groups in total. The van der Waals surface area contributed by atoms with E-state index in [4.69, 9.17) is 0 Å². The van der Waals surface area contributed by atoms with E-state index in [0.29, 0.717) is 6.04 Å². The van der Waals surface area contributed by atoms with Crippen molar-refractivity contribution in [1.82, 2.24) is 34.9 Å². The van der Waals surface area contributed by atoms with Crippen molar-refractivity contribution in [1.29, 1.82) is 0 Å². The van der Waals surface area contributed by atoms with E-state index in [9.17, 15) is 0 Å². The highest BCUT2D eigenvalue weighted by molar-refractivity contribution is 5.85. The fraction of sp³-hybridized carbons (Fsp3) is 0.407. The van der Waals surface area contributed by atoms with Gasteiger partial charge in [-0.2, -0.15) is 0 Å². The molecule has 7 nitrogen and oxygen atoms in total. The lowest BCUT2D eigenvalue weighted by Gasteiger charge is -2.40. The number of fused-ring (bicyclic) bond motifs is 1. The van der Waals surface area contributed by atoms with Crippen LogP contribution in [0.2, 0.25) is 0 Å². The molecular formula is C27H37N7. The summed E-state index contributed by atoms with van der Waals surface area (Å²) in [4.78, 5) is 8.66. The third-order valence-corrected chi connectivity index (χ3v) is 6.47. The second kappa shape index (κ2) is 11.9. The third kappa shape index (κ3) is 6.11. The van der Waals surface area contributed by atoms with Crippen LogP contribution in [0.5, 0.6) is 0 Å². The molecule has 0 radical (unpaired) electrons. The minimum Gasteiger partial charge on any atom is -0.361 e. The number of nitrogens with zero attached hydrogens (tertiary/aromatic N) is 5. The molecule has 0 aliphatic carbocycles. The molecule has 34 heavy (non-hydrogen) atoms. The molecule has 0 bridgehead atoms. The number of aryl methyl sites for hydroxylation is 1. The van der Waals surface area contributed by atoms with Crippen molar-refractivity contribution in [3.63, 3.8) is 0 Å². The highest BCUT2D eigenvalue weighted by atomic mass is 15.3. The molecule has 1 unspecified atom stereocenters. The van der Waals surface area contributed by atoms with Gasteiger partial charge >= 0.3 is 0 Å². The van der Waals surface area contributed by atoms with Crippen LogP contribution in [-0.2, 0) is 13.0 Å². The maximum absolute atomic E-state index is 3.92. The van der Waals surface area contributed by atoms with Crippen molar-refractivity contribution < 1.29 is 0 Å². The SMILES string of the molecule is CC1CN(CCCc2c[nH]c3ccc(-n4cnnc4)cc23)CCN1Cc1ccccc1.CNC. The summed E-state index contributed by atoms with van der Waals surface area (Å²) in [7, 11) is 3.75. The zero-order chi connectivity index (χ0) is 23.8. The van der Waals surface area contributed by atoms with Gasteiger partial charge < -0.3 is 15.2 Å². The van der Waals surface area contributed by atoms with Crippen LogP contribution in [-0.4, -0.2) is 75.9 Å². The van der Waals surface area contributed by atoms with Crippen molar-refractivity contribution in [2.45, 2.75) is 32.4 Å². The number of rotatable bonds is 7. The molecule has 0 saturated carbocycles. The fourth-order valence-electron chi connectivity index (χ4n) is 4.69. The molecule has 1 atom stereocenters. The molecule has 2 aromatic heterocycles. The van der Waals surface area contributed by atoms with Crippen LogP contribution in [0.25, 0.3) is 16.6 Å². The standard InChI is InChI=1S/C25H30N6.C2H7N/c1-20-16-29(12-13-30(20)17-21-6-3-2-4-7-21)11-5-8-22-15-26-25-10-9-23(14-24(22)25)31-18-27-28-19-31;1-3-2/h2-4,6-7,9-10,14-15,18-20,26H,5,8,11-13,16-17H2,1H3;3H,1-2H3. The largest absolute Gasteiger partial charge is 0.361 e. The second-order valence-electron chi connectivity index (χ2n) is 9.12. The van der Waals surface area contributed by atoms with Gasteiger partial charge in [0.25, 0.3) is 0 Å². The number of nitrogens with one attached hydrogen (secondary N) is 2. The van der Waals surface area contributed by atoms with Crippen molar-refractivity contribution in [2.75, 3.05) is 40.3 Å². The number of piperazine rings is 1. The predicted molar refractivity (Wildman–Crippen MR) is 139 cm³/mol. The zero-order valence-corrected chi connectivity index (χ0v) is 20.6.